The van der Waals surface area contributed by atoms with Gasteiger partial charge in [0.25, 0.3) is 6.01 Å². The molecule has 22 heavy (non-hydrogen) atoms. The van der Waals surface area contributed by atoms with Gasteiger partial charge in [-0.3, -0.25) is 0 Å². The lowest BCUT2D eigenvalue weighted by Gasteiger charge is -2.02. The van der Waals surface area contributed by atoms with Gasteiger partial charge in [0.2, 0.25) is 0 Å². The van der Waals surface area contributed by atoms with E-state index in [0.717, 1.165) is 28.3 Å². The molecule has 0 atom stereocenters. The Bertz CT molecular complexity index is 772. The highest BCUT2D eigenvalue weighted by Crippen LogP contribution is 2.25. The maximum absolute atomic E-state index is 5.61. The summed E-state index contributed by atoms with van der Waals surface area (Å²) >= 11 is 1.66. The van der Waals surface area contributed by atoms with Crippen LogP contribution in [-0.2, 0) is 0 Å². The first-order valence-corrected chi connectivity index (χ1v) is 7.89. The van der Waals surface area contributed by atoms with Crippen LogP contribution in [-0.4, -0.2) is 23.1 Å². The molecule has 0 saturated carbocycles. The van der Waals surface area contributed by atoms with Gasteiger partial charge in [0, 0.05) is 13.1 Å². The number of fused-ring (bicyclic) bond motifs is 2. The number of thiazole rings is 1. The Balaban J connectivity index is 1.35. The highest BCUT2D eigenvalue weighted by atomic mass is 32.1. The zero-order valence-corrected chi connectivity index (χ0v) is 12.6. The molecule has 0 aliphatic carbocycles. The van der Waals surface area contributed by atoms with E-state index in [1.54, 1.807) is 11.3 Å². The van der Waals surface area contributed by atoms with E-state index in [2.05, 4.69) is 26.7 Å². The van der Waals surface area contributed by atoms with Gasteiger partial charge in [-0.2, -0.15) is 4.98 Å². The number of aromatic nitrogens is 2. The standard InChI is InChI=1S/C16H14N4OS/c1-3-7-13-11(5-1)19-15(21-13)17-9-10-18-16-20-12-6-2-4-8-14(12)22-16/h1-8H,9-10H2,(H,17,19)(H,18,20). The lowest BCUT2D eigenvalue weighted by Crippen LogP contribution is -2.13. The molecule has 0 spiro atoms. The van der Waals surface area contributed by atoms with E-state index in [1.165, 1.54) is 4.70 Å². The van der Waals surface area contributed by atoms with Crippen molar-refractivity contribution in [2.45, 2.75) is 0 Å². The summed E-state index contributed by atoms with van der Waals surface area (Å²) in [4.78, 5) is 8.91. The van der Waals surface area contributed by atoms with Crippen LogP contribution in [0.25, 0.3) is 21.3 Å². The Morgan fingerprint density at radius 2 is 1.64 bits per heavy atom. The molecule has 0 unspecified atom stereocenters. The first-order chi connectivity index (χ1) is 10.9. The molecule has 0 fully saturated rings. The van der Waals surface area contributed by atoms with Crippen LogP contribution < -0.4 is 10.6 Å². The van der Waals surface area contributed by atoms with Gasteiger partial charge in [-0.15, -0.1) is 0 Å². The quantitative estimate of drug-likeness (QED) is 0.546. The molecule has 2 aromatic heterocycles. The molecule has 0 aliphatic heterocycles. The zero-order valence-electron chi connectivity index (χ0n) is 11.7. The summed E-state index contributed by atoms with van der Waals surface area (Å²) in [5, 5.41) is 7.42. The fraction of sp³-hybridized carbons (Fsp3) is 0.125. The van der Waals surface area contributed by atoms with E-state index < -0.39 is 0 Å². The number of anilines is 2. The van der Waals surface area contributed by atoms with Gasteiger partial charge in [-0.25, -0.2) is 4.98 Å². The lowest BCUT2D eigenvalue weighted by molar-refractivity contribution is 0.615. The lowest BCUT2D eigenvalue weighted by atomic mass is 10.3. The van der Waals surface area contributed by atoms with Crippen LogP contribution in [0.2, 0.25) is 0 Å². The van der Waals surface area contributed by atoms with Crippen LogP contribution in [0.4, 0.5) is 11.1 Å². The van der Waals surface area contributed by atoms with Gasteiger partial charge in [0.05, 0.1) is 10.2 Å². The summed E-state index contributed by atoms with van der Waals surface area (Å²) in [5.41, 5.74) is 2.69. The fourth-order valence-electron chi connectivity index (χ4n) is 2.23. The Kier molecular flexibility index (Phi) is 3.36. The van der Waals surface area contributed by atoms with Crippen LogP contribution >= 0.6 is 11.3 Å². The van der Waals surface area contributed by atoms with E-state index in [9.17, 15) is 0 Å². The van der Waals surface area contributed by atoms with Crippen LogP contribution in [0.15, 0.2) is 52.9 Å². The maximum atomic E-state index is 5.61. The highest BCUT2D eigenvalue weighted by Gasteiger charge is 2.04. The summed E-state index contributed by atoms with van der Waals surface area (Å²) in [6.07, 6.45) is 0. The number of nitrogens with zero attached hydrogens (tertiary/aromatic N) is 2. The predicted octanol–water partition coefficient (Wildman–Crippen LogP) is 3.96. The van der Waals surface area contributed by atoms with Crippen molar-refractivity contribution in [2.75, 3.05) is 23.7 Å². The normalized spacial score (nSPS) is 11.1. The molecule has 4 rings (SSSR count). The van der Waals surface area contributed by atoms with Gasteiger partial charge < -0.3 is 15.1 Å². The summed E-state index contributed by atoms with van der Waals surface area (Å²) < 4.78 is 6.80. The number of rotatable bonds is 5. The Morgan fingerprint density at radius 1 is 0.864 bits per heavy atom. The van der Waals surface area contributed by atoms with Crippen molar-refractivity contribution < 1.29 is 4.42 Å². The molecule has 2 heterocycles. The van der Waals surface area contributed by atoms with Gasteiger partial charge in [0.15, 0.2) is 10.7 Å². The molecule has 0 aliphatic rings. The number of nitrogens with one attached hydrogen (secondary N) is 2. The molecule has 0 bridgehead atoms. The summed E-state index contributed by atoms with van der Waals surface area (Å²) in [6.45, 7) is 1.46. The first kappa shape index (κ1) is 13.1. The van der Waals surface area contributed by atoms with Gasteiger partial charge in [-0.1, -0.05) is 35.6 Å². The monoisotopic (exact) mass is 310 g/mol. The number of benzene rings is 2. The Labute approximate surface area is 131 Å². The van der Waals surface area contributed by atoms with Crippen molar-refractivity contribution >= 4 is 43.8 Å². The zero-order chi connectivity index (χ0) is 14.8. The average molecular weight is 310 g/mol. The van der Waals surface area contributed by atoms with Gasteiger partial charge >= 0.3 is 0 Å². The Morgan fingerprint density at radius 3 is 2.50 bits per heavy atom. The van der Waals surface area contributed by atoms with Crippen molar-refractivity contribution in [1.29, 1.82) is 0 Å². The van der Waals surface area contributed by atoms with Crippen LogP contribution in [0.3, 0.4) is 0 Å². The number of hydrogen-bond acceptors (Lipinski definition) is 6. The Hall–Kier alpha value is -2.60. The molecule has 110 valence electrons. The molecular weight excluding hydrogens is 296 g/mol. The molecule has 2 N–H and O–H groups in total. The van der Waals surface area contributed by atoms with E-state index >= 15 is 0 Å². The third-order valence-electron chi connectivity index (χ3n) is 3.27. The first-order valence-electron chi connectivity index (χ1n) is 7.07. The largest absolute Gasteiger partial charge is 0.424 e. The summed E-state index contributed by atoms with van der Waals surface area (Å²) in [6, 6.07) is 16.4. The minimum atomic E-state index is 0.548. The third kappa shape index (κ3) is 2.60. The van der Waals surface area contributed by atoms with Crippen LogP contribution in [0, 0.1) is 0 Å². The number of para-hydroxylation sites is 3. The SMILES string of the molecule is c1ccc2oc(NCCNc3nc4ccccc4s3)nc2c1. The second-order valence-electron chi connectivity index (χ2n) is 4.83. The summed E-state index contributed by atoms with van der Waals surface area (Å²) in [7, 11) is 0. The molecule has 0 amide bonds. The molecule has 0 saturated heterocycles. The van der Waals surface area contributed by atoms with E-state index in [0.29, 0.717) is 12.6 Å². The molecule has 0 radical (unpaired) electrons. The smallest absolute Gasteiger partial charge is 0.295 e. The average Bonchev–Trinajstić information content (AvgIpc) is 3.14. The van der Waals surface area contributed by atoms with E-state index in [4.69, 9.17) is 4.42 Å². The molecular formula is C16H14N4OS. The van der Waals surface area contributed by atoms with Crippen molar-refractivity contribution in [2.24, 2.45) is 0 Å². The highest BCUT2D eigenvalue weighted by molar-refractivity contribution is 7.22. The third-order valence-corrected chi connectivity index (χ3v) is 4.26. The van der Waals surface area contributed by atoms with E-state index in [1.807, 2.05) is 42.5 Å². The van der Waals surface area contributed by atoms with Crippen molar-refractivity contribution in [3.8, 4) is 0 Å². The van der Waals surface area contributed by atoms with Crippen LogP contribution in [0.1, 0.15) is 0 Å². The van der Waals surface area contributed by atoms with Gasteiger partial charge in [0.1, 0.15) is 5.52 Å². The molecule has 4 aromatic rings. The topological polar surface area (TPSA) is 63.0 Å². The minimum absolute atomic E-state index is 0.548. The second-order valence-corrected chi connectivity index (χ2v) is 5.86. The van der Waals surface area contributed by atoms with Crippen molar-refractivity contribution in [3.63, 3.8) is 0 Å². The van der Waals surface area contributed by atoms with E-state index in [-0.39, 0.29) is 0 Å². The minimum Gasteiger partial charge on any atom is -0.424 e. The maximum Gasteiger partial charge on any atom is 0.295 e. The van der Waals surface area contributed by atoms with Crippen molar-refractivity contribution in [1.82, 2.24) is 9.97 Å². The molecule has 6 heteroatoms. The summed E-state index contributed by atoms with van der Waals surface area (Å²) in [5.74, 6) is 0. The number of oxazole rings is 1. The predicted molar refractivity (Wildman–Crippen MR) is 90.6 cm³/mol. The molecule has 5 nitrogen and oxygen atoms in total. The second kappa shape index (κ2) is 5.65. The molecule has 2 aromatic carbocycles. The van der Waals surface area contributed by atoms with Gasteiger partial charge in [-0.05, 0) is 24.3 Å². The fourth-order valence-corrected chi connectivity index (χ4v) is 3.13. The van der Waals surface area contributed by atoms with Crippen molar-refractivity contribution in [3.05, 3.63) is 48.5 Å². The van der Waals surface area contributed by atoms with Crippen LogP contribution in [0.5, 0.6) is 0 Å². The number of hydrogen-bond donors (Lipinski definition) is 2.